The molecule has 0 aliphatic heterocycles. The summed E-state index contributed by atoms with van der Waals surface area (Å²) in [5.41, 5.74) is 0.258. The molecule has 0 unspecified atom stereocenters. The van der Waals surface area contributed by atoms with Crippen LogP contribution in [-0.2, 0) is 19.6 Å². The minimum absolute atomic E-state index is 0.000409. The van der Waals surface area contributed by atoms with E-state index >= 15 is 0 Å². The second-order valence-corrected chi connectivity index (χ2v) is 8.16. The van der Waals surface area contributed by atoms with Crippen LogP contribution in [0.3, 0.4) is 0 Å². The smallest absolute Gasteiger partial charge is 0.337 e. The lowest BCUT2D eigenvalue weighted by molar-refractivity contribution is -0.116. The molecule has 0 aliphatic carbocycles. The number of esters is 1. The minimum Gasteiger partial charge on any atom is -0.465 e. The number of amides is 1. The van der Waals surface area contributed by atoms with Gasteiger partial charge in [0.05, 0.1) is 35.3 Å². The van der Waals surface area contributed by atoms with E-state index in [2.05, 4.69) is 10.1 Å². The zero-order valence-corrected chi connectivity index (χ0v) is 16.8. The van der Waals surface area contributed by atoms with Gasteiger partial charge in [-0.3, -0.25) is 9.10 Å². The van der Waals surface area contributed by atoms with Gasteiger partial charge in [0.25, 0.3) is 0 Å². The molecular weight excluding hydrogens is 411 g/mol. The molecule has 2 aromatic rings. The molecule has 0 aromatic heterocycles. The van der Waals surface area contributed by atoms with Gasteiger partial charge in [-0.05, 0) is 43.3 Å². The molecule has 0 heterocycles. The van der Waals surface area contributed by atoms with Crippen molar-refractivity contribution in [3.63, 3.8) is 0 Å². The molecule has 0 radical (unpaired) electrons. The maximum absolute atomic E-state index is 13.6. The van der Waals surface area contributed by atoms with Gasteiger partial charge < -0.3 is 10.1 Å². The lowest BCUT2D eigenvalue weighted by Gasteiger charge is -2.28. The minimum atomic E-state index is -3.91. The zero-order valence-electron chi connectivity index (χ0n) is 15.3. The third-order valence-corrected chi connectivity index (χ3v) is 5.37. The van der Waals surface area contributed by atoms with Gasteiger partial charge in [0.15, 0.2) is 0 Å². The quantitative estimate of drug-likeness (QED) is 0.714. The number of benzene rings is 2. The van der Waals surface area contributed by atoms with Crippen LogP contribution in [0, 0.1) is 5.82 Å². The molecule has 2 aromatic carbocycles. The zero-order chi connectivity index (χ0) is 21.1. The number of halogens is 2. The van der Waals surface area contributed by atoms with Crippen molar-refractivity contribution in [3.05, 3.63) is 58.9 Å². The second-order valence-electron chi connectivity index (χ2n) is 5.89. The molecule has 1 N–H and O–H groups in total. The highest BCUT2D eigenvalue weighted by atomic mass is 35.5. The van der Waals surface area contributed by atoms with Crippen molar-refractivity contribution in [1.82, 2.24) is 0 Å². The van der Waals surface area contributed by atoms with Crippen LogP contribution in [0.1, 0.15) is 17.3 Å². The standard InChI is InChI=1S/C18H18ClFN2O5S/c1-11(22(28(3,25)26)14-6-4-5-13(20)10-14)17(23)21-16-9-12(18(24)27-2)7-8-15(16)19/h4-11H,1-3H3,(H,21,23)/t11-/m1/s1. The fourth-order valence-corrected chi connectivity index (χ4v) is 3.86. The first-order valence-electron chi connectivity index (χ1n) is 7.98. The number of hydrogen-bond acceptors (Lipinski definition) is 5. The summed E-state index contributed by atoms with van der Waals surface area (Å²) >= 11 is 6.05. The Bertz CT molecular complexity index is 1010. The highest BCUT2D eigenvalue weighted by Crippen LogP contribution is 2.26. The molecule has 0 fully saturated rings. The Morgan fingerprint density at radius 1 is 1.21 bits per heavy atom. The van der Waals surface area contributed by atoms with E-state index in [9.17, 15) is 22.4 Å². The summed E-state index contributed by atoms with van der Waals surface area (Å²) in [6, 6.07) is 7.78. The molecule has 2 rings (SSSR count). The molecule has 1 amide bonds. The Hall–Kier alpha value is -2.65. The van der Waals surface area contributed by atoms with Gasteiger partial charge in [-0.15, -0.1) is 0 Å². The molecule has 150 valence electrons. The van der Waals surface area contributed by atoms with Crippen molar-refractivity contribution >= 4 is 44.9 Å². The number of anilines is 2. The molecule has 0 bridgehead atoms. The molecule has 10 heteroatoms. The average molecular weight is 429 g/mol. The summed E-state index contributed by atoms with van der Waals surface area (Å²) < 4.78 is 43.4. The lowest BCUT2D eigenvalue weighted by atomic mass is 10.2. The van der Waals surface area contributed by atoms with Gasteiger partial charge in [0.1, 0.15) is 11.9 Å². The van der Waals surface area contributed by atoms with Crippen molar-refractivity contribution in [2.45, 2.75) is 13.0 Å². The molecule has 0 spiro atoms. The Balaban J connectivity index is 2.35. The number of methoxy groups -OCH3 is 1. The number of carbonyl (C=O) groups excluding carboxylic acids is 2. The van der Waals surface area contributed by atoms with Gasteiger partial charge in [0.2, 0.25) is 15.9 Å². The first-order chi connectivity index (χ1) is 13.0. The summed E-state index contributed by atoms with van der Waals surface area (Å²) in [5, 5.41) is 2.63. The fourth-order valence-electron chi connectivity index (χ4n) is 2.53. The summed E-state index contributed by atoms with van der Waals surface area (Å²) in [5.74, 6) is -2.00. The van der Waals surface area contributed by atoms with Gasteiger partial charge in [0, 0.05) is 0 Å². The number of sulfonamides is 1. The Morgan fingerprint density at radius 2 is 1.89 bits per heavy atom. The first-order valence-corrected chi connectivity index (χ1v) is 10.2. The highest BCUT2D eigenvalue weighted by molar-refractivity contribution is 7.92. The number of rotatable bonds is 6. The van der Waals surface area contributed by atoms with Gasteiger partial charge in [-0.25, -0.2) is 17.6 Å². The summed E-state index contributed by atoms with van der Waals surface area (Å²) in [4.78, 5) is 24.3. The number of carbonyl (C=O) groups is 2. The van der Waals surface area contributed by atoms with Crippen LogP contribution in [0.2, 0.25) is 5.02 Å². The monoisotopic (exact) mass is 428 g/mol. The van der Waals surface area contributed by atoms with Crippen LogP contribution >= 0.6 is 11.6 Å². The maximum Gasteiger partial charge on any atom is 0.337 e. The van der Waals surface area contributed by atoms with Crippen LogP contribution in [-0.4, -0.2) is 39.7 Å². The average Bonchev–Trinajstić information content (AvgIpc) is 2.61. The van der Waals surface area contributed by atoms with Crippen molar-refractivity contribution in [2.24, 2.45) is 0 Å². The normalized spacial score (nSPS) is 12.2. The number of nitrogens with zero attached hydrogens (tertiary/aromatic N) is 1. The van der Waals surface area contributed by atoms with Crippen molar-refractivity contribution in [1.29, 1.82) is 0 Å². The van der Waals surface area contributed by atoms with E-state index in [4.69, 9.17) is 11.6 Å². The summed E-state index contributed by atoms with van der Waals surface area (Å²) in [6.45, 7) is 1.35. The van der Waals surface area contributed by atoms with E-state index in [-0.39, 0.29) is 22.0 Å². The topological polar surface area (TPSA) is 92.8 Å². The van der Waals surface area contributed by atoms with Crippen molar-refractivity contribution in [3.8, 4) is 0 Å². The van der Waals surface area contributed by atoms with Crippen LogP contribution in [0.15, 0.2) is 42.5 Å². The van der Waals surface area contributed by atoms with Crippen LogP contribution in [0.5, 0.6) is 0 Å². The molecule has 0 aliphatic rings. The van der Waals surface area contributed by atoms with E-state index in [0.717, 1.165) is 22.7 Å². The van der Waals surface area contributed by atoms with E-state index in [1.165, 1.54) is 44.4 Å². The van der Waals surface area contributed by atoms with Crippen LogP contribution < -0.4 is 9.62 Å². The molecule has 1 atom stereocenters. The molecule has 28 heavy (non-hydrogen) atoms. The second kappa shape index (κ2) is 8.57. The van der Waals surface area contributed by atoms with Gasteiger partial charge >= 0.3 is 5.97 Å². The van der Waals surface area contributed by atoms with Crippen molar-refractivity contribution < 1.29 is 27.1 Å². The predicted octanol–water partition coefficient (Wildman–Crippen LogP) is 3.06. The third-order valence-electron chi connectivity index (χ3n) is 3.80. The fraction of sp³-hybridized carbons (Fsp3) is 0.222. The summed E-state index contributed by atoms with van der Waals surface area (Å²) in [6.07, 6.45) is 0.909. The largest absolute Gasteiger partial charge is 0.465 e. The maximum atomic E-state index is 13.6. The van der Waals surface area contributed by atoms with Crippen LogP contribution in [0.25, 0.3) is 0 Å². The Labute approximate surface area is 167 Å². The van der Waals surface area contributed by atoms with Crippen LogP contribution in [0.4, 0.5) is 15.8 Å². The number of hydrogen-bond donors (Lipinski definition) is 1. The first kappa shape index (κ1) is 21.6. The van der Waals surface area contributed by atoms with Crippen molar-refractivity contribution in [2.75, 3.05) is 23.0 Å². The predicted molar refractivity (Wildman–Crippen MR) is 105 cm³/mol. The SMILES string of the molecule is COC(=O)c1ccc(Cl)c(NC(=O)[C@@H](C)N(c2cccc(F)c2)S(C)(=O)=O)c1. The van der Waals surface area contributed by atoms with E-state index < -0.39 is 33.8 Å². The number of nitrogens with one attached hydrogen (secondary N) is 1. The van der Waals surface area contributed by atoms with Gasteiger partial charge in [-0.2, -0.15) is 0 Å². The van der Waals surface area contributed by atoms with E-state index in [1.54, 1.807) is 0 Å². The number of ether oxygens (including phenoxy) is 1. The third kappa shape index (κ3) is 4.99. The molecule has 7 nitrogen and oxygen atoms in total. The van der Waals surface area contributed by atoms with Gasteiger partial charge in [-0.1, -0.05) is 17.7 Å². The Morgan fingerprint density at radius 3 is 2.46 bits per heavy atom. The lowest BCUT2D eigenvalue weighted by Crippen LogP contribution is -2.45. The molecular formula is C18H18ClFN2O5S. The van der Waals surface area contributed by atoms with E-state index in [1.807, 2.05) is 0 Å². The highest BCUT2D eigenvalue weighted by Gasteiger charge is 2.29. The molecule has 0 saturated carbocycles. The van der Waals surface area contributed by atoms with E-state index in [0.29, 0.717) is 0 Å². The Kier molecular flexibility index (Phi) is 6.63. The molecule has 0 saturated heterocycles. The summed E-state index contributed by atoms with van der Waals surface area (Å²) in [7, 11) is -2.70.